The minimum atomic E-state index is -0.848. The van der Waals surface area contributed by atoms with Gasteiger partial charge in [0.1, 0.15) is 17.2 Å². The Morgan fingerprint density at radius 1 is 0.939 bits per heavy atom. The molecule has 1 unspecified atom stereocenters. The average molecular weight is 455 g/mol. The monoisotopic (exact) mass is 454 g/mol. The average Bonchev–Trinajstić information content (AvgIpc) is 3.22. The Morgan fingerprint density at radius 3 is 2.42 bits per heavy atom. The zero-order valence-electron chi connectivity index (χ0n) is 18.5. The molecular formula is C25H28F2N4O2. The van der Waals surface area contributed by atoms with Crippen LogP contribution >= 0.6 is 0 Å². The molecule has 0 aromatic heterocycles. The number of rotatable bonds is 3. The lowest BCUT2D eigenvalue weighted by molar-refractivity contribution is -0.136. The number of carbonyl (C=O) groups is 2. The highest BCUT2D eigenvalue weighted by molar-refractivity contribution is 5.94. The van der Waals surface area contributed by atoms with Crippen LogP contribution in [0.25, 0.3) is 0 Å². The number of amides is 2. The Kier molecular flexibility index (Phi) is 5.78. The van der Waals surface area contributed by atoms with Gasteiger partial charge in [0.2, 0.25) is 5.91 Å². The number of para-hydroxylation sites is 1. The highest BCUT2D eigenvalue weighted by atomic mass is 19.1. The fourth-order valence-corrected chi connectivity index (χ4v) is 5.46. The number of hydrogen-bond donors (Lipinski definition) is 1. The summed E-state index contributed by atoms with van der Waals surface area (Å²) in [6.07, 6.45) is 2.83. The molecule has 0 aliphatic carbocycles. The molecule has 33 heavy (non-hydrogen) atoms. The Labute approximate surface area is 192 Å². The molecule has 1 N–H and O–H groups in total. The minimum absolute atomic E-state index is 0.105. The Hall–Kier alpha value is -3.00. The van der Waals surface area contributed by atoms with Gasteiger partial charge in [0.25, 0.3) is 5.91 Å². The third-order valence-corrected chi connectivity index (χ3v) is 7.24. The standard InChI is InChI=1S/C25H28F2N4O2/c26-19-6-3-7-20(27)23(19)24(33)30-13-11-29(12-14-30)16-22(32)31-10-4-9-25(31)15-18-5-1-2-8-21(18)28-17-25/h1-3,5-8,28H,4,9-17H2. The maximum Gasteiger partial charge on any atom is 0.259 e. The molecule has 2 fully saturated rings. The third kappa shape index (κ3) is 4.08. The number of anilines is 1. The number of fused-ring (bicyclic) bond motifs is 1. The van der Waals surface area contributed by atoms with Crippen molar-refractivity contribution in [3.05, 3.63) is 65.2 Å². The van der Waals surface area contributed by atoms with Crippen LogP contribution in [0.15, 0.2) is 42.5 Å². The van der Waals surface area contributed by atoms with E-state index in [0.717, 1.165) is 50.2 Å². The predicted octanol–water partition coefficient (Wildman–Crippen LogP) is 2.75. The summed E-state index contributed by atoms with van der Waals surface area (Å²) in [5.74, 6) is -2.23. The largest absolute Gasteiger partial charge is 0.382 e. The van der Waals surface area contributed by atoms with Crippen molar-refractivity contribution in [2.24, 2.45) is 0 Å². The van der Waals surface area contributed by atoms with Crippen molar-refractivity contribution < 1.29 is 18.4 Å². The van der Waals surface area contributed by atoms with E-state index in [4.69, 9.17) is 0 Å². The number of benzene rings is 2. The van der Waals surface area contributed by atoms with Gasteiger partial charge in [-0.15, -0.1) is 0 Å². The summed E-state index contributed by atoms with van der Waals surface area (Å²) < 4.78 is 28.0. The second kappa shape index (κ2) is 8.74. The number of nitrogens with zero attached hydrogens (tertiary/aromatic N) is 3. The molecule has 2 amide bonds. The summed E-state index contributed by atoms with van der Waals surface area (Å²) in [6.45, 7) is 3.46. The molecule has 8 heteroatoms. The topological polar surface area (TPSA) is 55.9 Å². The highest BCUT2D eigenvalue weighted by Crippen LogP contribution is 2.38. The molecule has 5 rings (SSSR count). The van der Waals surface area contributed by atoms with E-state index >= 15 is 0 Å². The van der Waals surface area contributed by atoms with E-state index in [1.54, 1.807) is 0 Å². The molecule has 2 saturated heterocycles. The zero-order chi connectivity index (χ0) is 23.0. The molecule has 3 aliphatic rings. The molecule has 3 heterocycles. The lowest BCUT2D eigenvalue weighted by Gasteiger charge is -2.44. The molecule has 174 valence electrons. The molecule has 0 radical (unpaired) electrons. The maximum absolute atomic E-state index is 14.0. The van der Waals surface area contributed by atoms with Crippen LogP contribution in [-0.2, 0) is 11.2 Å². The van der Waals surface area contributed by atoms with E-state index < -0.39 is 23.1 Å². The Morgan fingerprint density at radius 2 is 1.67 bits per heavy atom. The van der Waals surface area contributed by atoms with Crippen molar-refractivity contribution in [1.82, 2.24) is 14.7 Å². The fraction of sp³-hybridized carbons (Fsp3) is 0.440. The van der Waals surface area contributed by atoms with E-state index in [9.17, 15) is 18.4 Å². The van der Waals surface area contributed by atoms with E-state index in [-0.39, 0.29) is 11.4 Å². The van der Waals surface area contributed by atoms with E-state index in [2.05, 4.69) is 17.4 Å². The van der Waals surface area contributed by atoms with Crippen LogP contribution in [0.2, 0.25) is 0 Å². The molecular weight excluding hydrogens is 426 g/mol. The van der Waals surface area contributed by atoms with Crippen molar-refractivity contribution in [2.45, 2.75) is 24.8 Å². The molecule has 0 bridgehead atoms. The van der Waals surface area contributed by atoms with Gasteiger partial charge < -0.3 is 15.1 Å². The van der Waals surface area contributed by atoms with Crippen molar-refractivity contribution in [3.8, 4) is 0 Å². The van der Waals surface area contributed by atoms with Crippen LogP contribution in [0.5, 0.6) is 0 Å². The SMILES string of the molecule is O=C(c1c(F)cccc1F)N1CCN(CC(=O)N2CCCC23CNc2ccccc2C3)CC1. The van der Waals surface area contributed by atoms with Gasteiger partial charge in [-0.05, 0) is 43.0 Å². The minimum Gasteiger partial charge on any atom is -0.382 e. The van der Waals surface area contributed by atoms with Gasteiger partial charge in [-0.2, -0.15) is 0 Å². The van der Waals surface area contributed by atoms with Gasteiger partial charge in [-0.3, -0.25) is 14.5 Å². The molecule has 2 aromatic rings. The van der Waals surface area contributed by atoms with Crippen molar-refractivity contribution >= 4 is 17.5 Å². The van der Waals surface area contributed by atoms with Gasteiger partial charge in [0.05, 0.1) is 12.1 Å². The number of piperazine rings is 1. The van der Waals surface area contributed by atoms with Crippen LogP contribution in [0, 0.1) is 11.6 Å². The predicted molar refractivity (Wildman–Crippen MR) is 121 cm³/mol. The number of halogens is 2. The van der Waals surface area contributed by atoms with Crippen LogP contribution in [-0.4, -0.2) is 77.9 Å². The van der Waals surface area contributed by atoms with Gasteiger partial charge in [-0.25, -0.2) is 8.78 Å². The fourth-order valence-electron chi connectivity index (χ4n) is 5.46. The first-order chi connectivity index (χ1) is 16.0. The molecule has 6 nitrogen and oxygen atoms in total. The lowest BCUT2D eigenvalue weighted by Crippen LogP contribution is -2.58. The number of hydrogen-bond acceptors (Lipinski definition) is 4. The van der Waals surface area contributed by atoms with Crippen molar-refractivity contribution in [1.29, 1.82) is 0 Å². The first kappa shape index (κ1) is 21.8. The number of carbonyl (C=O) groups excluding carboxylic acids is 2. The number of nitrogens with one attached hydrogen (secondary N) is 1. The second-order valence-electron chi connectivity index (χ2n) is 9.23. The zero-order valence-corrected chi connectivity index (χ0v) is 18.5. The first-order valence-corrected chi connectivity index (χ1v) is 11.5. The van der Waals surface area contributed by atoms with Crippen molar-refractivity contribution in [3.63, 3.8) is 0 Å². The quantitative estimate of drug-likeness (QED) is 0.775. The molecule has 3 aliphatic heterocycles. The van der Waals surface area contributed by atoms with E-state index in [1.165, 1.54) is 16.5 Å². The third-order valence-electron chi connectivity index (χ3n) is 7.24. The highest BCUT2D eigenvalue weighted by Gasteiger charge is 2.45. The molecule has 2 aromatic carbocycles. The van der Waals surface area contributed by atoms with Crippen LogP contribution in [0.4, 0.5) is 14.5 Å². The molecule has 0 saturated carbocycles. The Bertz CT molecular complexity index is 1050. The Balaban J connectivity index is 1.20. The van der Waals surface area contributed by atoms with E-state index in [0.29, 0.717) is 32.7 Å². The lowest BCUT2D eigenvalue weighted by atomic mass is 9.84. The summed E-state index contributed by atoms with van der Waals surface area (Å²) in [7, 11) is 0. The van der Waals surface area contributed by atoms with E-state index in [1.807, 2.05) is 21.9 Å². The van der Waals surface area contributed by atoms with Crippen LogP contribution in [0.3, 0.4) is 0 Å². The summed E-state index contributed by atoms with van der Waals surface area (Å²) in [6, 6.07) is 11.7. The molecule has 1 atom stereocenters. The second-order valence-corrected chi connectivity index (χ2v) is 9.23. The maximum atomic E-state index is 14.0. The smallest absolute Gasteiger partial charge is 0.259 e. The summed E-state index contributed by atoms with van der Waals surface area (Å²) in [4.78, 5) is 31.5. The van der Waals surface area contributed by atoms with Gasteiger partial charge in [0.15, 0.2) is 0 Å². The van der Waals surface area contributed by atoms with Gasteiger partial charge in [-0.1, -0.05) is 24.3 Å². The van der Waals surface area contributed by atoms with Gasteiger partial charge in [0, 0.05) is 45.0 Å². The normalized spacial score (nSPS) is 22.8. The summed E-state index contributed by atoms with van der Waals surface area (Å²) >= 11 is 0. The first-order valence-electron chi connectivity index (χ1n) is 11.5. The van der Waals surface area contributed by atoms with Crippen molar-refractivity contribution in [2.75, 3.05) is 51.1 Å². The van der Waals surface area contributed by atoms with Crippen LogP contribution < -0.4 is 5.32 Å². The van der Waals surface area contributed by atoms with Crippen LogP contribution in [0.1, 0.15) is 28.8 Å². The number of likely N-dealkylation sites (tertiary alicyclic amines) is 1. The summed E-state index contributed by atoms with van der Waals surface area (Å²) in [5.41, 5.74) is 1.70. The van der Waals surface area contributed by atoms with Gasteiger partial charge >= 0.3 is 0 Å². The molecule has 1 spiro atoms. The summed E-state index contributed by atoms with van der Waals surface area (Å²) in [5, 5.41) is 3.51.